The predicted molar refractivity (Wildman–Crippen MR) is 92.9 cm³/mol. The van der Waals surface area contributed by atoms with Crippen LogP contribution >= 0.6 is 0 Å². The summed E-state index contributed by atoms with van der Waals surface area (Å²) in [5.41, 5.74) is 0.199. The monoisotopic (exact) mass is 374 g/mol. The maximum Gasteiger partial charge on any atom is 0.417 e. The molecule has 0 radical (unpaired) electrons. The standard InChI is InChI=1S/C20H17F3N2O2/c21-20(22,23)16-11-15(5-3-14(16)12-24)25-7-1-2-17(25)13-4-6-18-19(10-13)27-9-8-26-18/h3-6,10-11,17H,1-2,7-9H2. The molecule has 0 amide bonds. The first-order chi connectivity index (χ1) is 13.0. The molecule has 27 heavy (non-hydrogen) atoms. The van der Waals surface area contributed by atoms with Crippen molar-refractivity contribution in [1.29, 1.82) is 5.26 Å². The molecule has 1 unspecified atom stereocenters. The lowest BCUT2D eigenvalue weighted by atomic mass is 10.0. The number of nitrogens with zero attached hydrogens (tertiary/aromatic N) is 2. The predicted octanol–water partition coefficient (Wildman–Crippen LogP) is 4.69. The number of anilines is 1. The fourth-order valence-corrected chi connectivity index (χ4v) is 3.73. The zero-order chi connectivity index (χ0) is 19.0. The first kappa shape index (κ1) is 17.5. The molecule has 2 aromatic carbocycles. The van der Waals surface area contributed by atoms with Crippen LogP contribution in [0.2, 0.25) is 0 Å². The highest BCUT2D eigenvalue weighted by atomic mass is 19.4. The minimum atomic E-state index is -4.56. The van der Waals surface area contributed by atoms with Crippen LogP contribution in [0, 0.1) is 11.3 Å². The summed E-state index contributed by atoms with van der Waals surface area (Å²) >= 11 is 0. The highest BCUT2D eigenvalue weighted by molar-refractivity contribution is 5.57. The molecule has 0 bridgehead atoms. The molecule has 0 aromatic heterocycles. The van der Waals surface area contributed by atoms with E-state index in [2.05, 4.69) is 0 Å². The van der Waals surface area contributed by atoms with Crippen LogP contribution in [-0.4, -0.2) is 19.8 Å². The van der Waals surface area contributed by atoms with Crippen molar-refractivity contribution < 1.29 is 22.6 Å². The number of hydrogen-bond donors (Lipinski definition) is 0. The molecule has 0 N–H and O–H groups in total. The van der Waals surface area contributed by atoms with Crippen LogP contribution in [0.15, 0.2) is 36.4 Å². The number of nitriles is 1. The third kappa shape index (κ3) is 3.27. The first-order valence-electron chi connectivity index (χ1n) is 8.75. The van der Waals surface area contributed by atoms with Crippen LogP contribution in [0.25, 0.3) is 0 Å². The van der Waals surface area contributed by atoms with E-state index in [1.807, 2.05) is 23.1 Å². The Hall–Kier alpha value is -2.88. The third-order valence-electron chi connectivity index (χ3n) is 4.96. The summed E-state index contributed by atoms with van der Waals surface area (Å²) in [6.07, 6.45) is -2.85. The molecule has 1 saturated heterocycles. The van der Waals surface area contributed by atoms with E-state index < -0.39 is 11.7 Å². The molecule has 2 aliphatic heterocycles. The van der Waals surface area contributed by atoms with Gasteiger partial charge in [-0.3, -0.25) is 0 Å². The second kappa shape index (κ2) is 6.69. The Morgan fingerprint density at radius 1 is 1.04 bits per heavy atom. The molecule has 2 aliphatic rings. The van der Waals surface area contributed by atoms with Gasteiger partial charge in [0.1, 0.15) is 13.2 Å². The Labute approximate surface area is 154 Å². The Balaban J connectivity index is 1.69. The maximum atomic E-state index is 13.3. The minimum absolute atomic E-state index is 0.0464. The molecular formula is C20H17F3N2O2. The van der Waals surface area contributed by atoms with Crippen molar-refractivity contribution in [3.8, 4) is 17.6 Å². The maximum absolute atomic E-state index is 13.3. The lowest BCUT2D eigenvalue weighted by molar-refractivity contribution is -0.137. The average molecular weight is 374 g/mol. The first-order valence-corrected chi connectivity index (χ1v) is 8.75. The van der Waals surface area contributed by atoms with Crippen LogP contribution < -0.4 is 14.4 Å². The topological polar surface area (TPSA) is 45.5 Å². The average Bonchev–Trinajstić information content (AvgIpc) is 3.16. The summed E-state index contributed by atoms with van der Waals surface area (Å²) in [5.74, 6) is 1.36. The summed E-state index contributed by atoms with van der Waals surface area (Å²) in [6, 6.07) is 11.2. The van der Waals surface area contributed by atoms with Crippen LogP contribution in [0.5, 0.6) is 11.5 Å². The zero-order valence-corrected chi connectivity index (χ0v) is 14.4. The van der Waals surface area contributed by atoms with Crippen LogP contribution in [0.1, 0.15) is 35.6 Å². The second-order valence-corrected chi connectivity index (χ2v) is 6.59. The molecule has 4 rings (SSSR count). The van der Waals surface area contributed by atoms with Gasteiger partial charge in [-0.2, -0.15) is 18.4 Å². The van der Waals surface area contributed by atoms with Gasteiger partial charge in [0, 0.05) is 12.2 Å². The van der Waals surface area contributed by atoms with Gasteiger partial charge in [0.25, 0.3) is 0 Å². The van der Waals surface area contributed by atoms with E-state index in [0.29, 0.717) is 36.9 Å². The number of halogens is 3. The van der Waals surface area contributed by atoms with Gasteiger partial charge in [0.15, 0.2) is 11.5 Å². The van der Waals surface area contributed by atoms with Crippen molar-refractivity contribution in [1.82, 2.24) is 0 Å². The largest absolute Gasteiger partial charge is 0.486 e. The van der Waals surface area contributed by atoms with Gasteiger partial charge in [-0.25, -0.2) is 0 Å². The quantitative estimate of drug-likeness (QED) is 0.765. The lowest BCUT2D eigenvalue weighted by Gasteiger charge is -2.29. The molecule has 2 aromatic rings. The van der Waals surface area contributed by atoms with Crippen LogP contribution in [0.4, 0.5) is 18.9 Å². The third-order valence-corrected chi connectivity index (χ3v) is 4.96. The Morgan fingerprint density at radius 3 is 2.56 bits per heavy atom. The molecule has 0 saturated carbocycles. The molecular weight excluding hydrogens is 357 g/mol. The zero-order valence-electron chi connectivity index (χ0n) is 14.4. The summed E-state index contributed by atoms with van der Waals surface area (Å²) in [6.45, 7) is 1.64. The molecule has 0 spiro atoms. The Bertz CT molecular complexity index is 905. The van der Waals surface area contributed by atoms with E-state index in [1.165, 1.54) is 6.07 Å². The Morgan fingerprint density at radius 2 is 1.81 bits per heavy atom. The number of alkyl halides is 3. The van der Waals surface area contributed by atoms with Crippen molar-refractivity contribution in [3.63, 3.8) is 0 Å². The van der Waals surface area contributed by atoms with Crippen LogP contribution in [-0.2, 0) is 6.18 Å². The minimum Gasteiger partial charge on any atom is -0.486 e. The van der Waals surface area contributed by atoms with Gasteiger partial charge >= 0.3 is 6.18 Å². The normalized spacial score (nSPS) is 19.0. The number of benzene rings is 2. The summed E-state index contributed by atoms with van der Waals surface area (Å²) in [4.78, 5) is 1.96. The molecule has 1 atom stereocenters. The van der Waals surface area contributed by atoms with E-state index in [9.17, 15) is 13.2 Å². The van der Waals surface area contributed by atoms with E-state index in [4.69, 9.17) is 14.7 Å². The van der Waals surface area contributed by atoms with Gasteiger partial charge in [-0.05, 0) is 48.7 Å². The molecule has 7 heteroatoms. The lowest BCUT2D eigenvalue weighted by Crippen LogP contribution is -2.23. The van der Waals surface area contributed by atoms with Crippen molar-refractivity contribution in [2.75, 3.05) is 24.7 Å². The van der Waals surface area contributed by atoms with Crippen molar-refractivity contribution in [2.45, 2.75) is 25.1 Å². The molecule has 1 fully saturated rings. The van der Waals surface area contributed by atoms with E-state index >= 15 is 0 Å². The van der Waals surface area contributed by atoms with Crippen LogP contribution in [0.3, 0.4) is 0 Å². The van der Waals surface area contributed by atoms with Gasteiger partial charge in [0.2, 0.25) is 0 Å². The number of hydrogen-bond acceptors (Lipinski definition) is 4. The smallest absolute Gasteiger partial charge is 0.417 e. The number of rotatable bonds is 2. The van der Waals surface area contributed by atoms with E-state index in [1.54, 1.807) is 12.1 Å². The van der Waals surface area contributed by atoms with Gasteiger partial charge in [0.05, 0.1) is 23.2 Å². The molecule has 2 heterocycles. The second-order valence-electron chi connectivity index (χ2n) is 6.59. The van der Waals surface area contributed by atoms with Gasteiger partial charge in [-0.15, -0.1) is 0 Å². The number of fused-ring (bicyclic) bond motifs is 1. The molecule has 4 nitrogen and oxygen atoms in total. The van der Waals surface area contributed by atoms with Crippen molar-refractivity contribution in [2.24, 2.45) is 0 Å². The van der Waals surface area contributed by atoms with E-state index in [-0.39, 0.29) is 11.6 Å². The summed E-state index contributed by atoms with van der Waals surface area (Å²) in [5, 5.41) is 8.99. The molecule has 140 valence electrons. The van der Waals surface area contributed by atoms with E-state index in [0.717, 1.165) is 24.5 Å². The SMILES string of the molecule is N#Cc1ccc(N2CCCC2c2ccc3c(c2)OCCO3)cc1C(F)(F)F. The number of ether oxygens (including phenoxy) is 2. The fourth-order valence-electron chi connectivity index (χ4n) is 3.73. The summed E-state index contributed by atoms with van der Waals surface area (Å²) < 4.78 is 51.1. The van der Waals surface area contributed by atoms with Gasteiger partial charge < -0.3 is 14.4 Å². The highest BCUT2D eigenvalue weighted by Gasteiger charge is 2.35. The molecule has 0 aliphatic carbocycles. The van der Waals surface area contributed by atoms with Crippen molar-refractivity contribution in [3.05, 3.63) is 53.1 Å². The summed E-state index contributed by atoms with van der Waals surface area (Å²) in [7, 11) is 0. The Kier molecular flexibility index (Phi) is 4.34. The fraction of sp³-hybridized carbons (Fsp3) is 0.350. The van der Waals surface area contributed by atoms with Gasteiger partial charge in [-0.1, -0.05) is 6.07 Å². The highest BCUT2D eigenvalue weighted by Crippen LogP contribution is 2.42. The van der Waals surface area contributed by atoms with Crippen molar-refractivity contribution >= 4 is 5.69 Å².